The van der Waals surface area contributed by atoms with Crippen LogP contribution in [0.4, 0.5) is 5.69 Å². The van der Waals surface area contributed by atoms with Crippen LogP contribution in [-0.2, 0) is 10.0 Å². The van der Waals surface area contributed by atoms with Gasteiger partial charge in [-0.1, -0.05) is 59.1 Å². The van der Waals surface area contributed by atoms with E-state index in [1.165, 1.54) is 12.1 Å². The molecule has 0 aliphatic heterocycles. The van der Waals surface area contributed by atoms with Crippen LogP contribution in [0.5, 0.6) is 11.5 Å². The first kappa shape index (κ1) is 21.5. The summed E-state index contributed by atoms with van der Waals surface area (Å²) in [5.74, 6) is -3.18. The van der Waals surface area contributed by atoms with E-state index in [0.717, 1.165) is 18.2 Å². The van der Waals surface area contributed by atoms with Crippen LogP contribution in [0.1, 0.15) is 31.8 Å². The van der Waals surface area contributed by atoms with Gasteiger partial charge in [0.15, 0.2) is 23.1 Å². The maximum absolute atomic E-state index is 12.9. The predicted octanol–water partition coefficient (Wildman–Crippen LogP) is 4.63. The number of hydrogen-bond donors (Lipinski definition) is 3. The van der Waals surface area contributed by atoms with Crippen LogP contribution in [0.15, 0.2) is 47.4 Å². The third kappa shape index (κ3) is 3.41. The van der Waals surface area contributed by atoms with Gasteiger partial charge in [-0.3, -0.25) is 14.3 Å². The fourth-order valence-corrected chi connectivity index (χ4v) is 5.89. The van der Waals surface area contributed by atoms with Crippen molar-refractivity contribution in [2.45, 2.75) is 4.90 Å². The number of sulfonamides is 1. The maximum Gasteiger partial charge on any atom is 0.265 e. The summed E-state index contributed by atoms with van der Waals surface area (Å²) in [5, 5.41) is 20.3. The van der Waals surface area contributed by atoms with Gasteiger partial charge in [-0.25, -0.2) is 8.42 Å². The van der Waals surface area contributed by atoms with Crippen LogP contribution >= 0.6 is 34.8 Å². The Morgan fingerprint density at radius 3 is 1.90 bits per heavy atom. The number of halogens is 3. The third-order valence-electron chi connectivity index (χ3n) is 4.64. The highest BCUT2D eigenvalue weighted by atomic mass is 35.5. The van der Waals surface area contributed by atoms with E-state index in [1.54, 1.807) is 12.1 Å². The number of carbonyl (C=O) groups excluding carboxylic acids is 2. The summed E-state index contributed by atoms with van der Waals surface area (Å²) in [6.07, 6.45) is 0. The standard InChI is InChI=1S/C20H10Cl3NO6S/c21-8-5-12(22)20(13(23)6-8)31(29,30)24-14-7-11-15(19(28)18(14)27)17(26)10-4-2-1-3-9(10)16(11)25/h1-7,24,27-28H. The van der Waals surface area contributed by atoms with Crippen molar-refractivity contribution in [1.29, 1.82) is 0 Å². The number of phenolic OH excluding ortho intramolecular Hbond substituents is 2. The molecule has 1 aliphatic rings. The molecular weight excluding hydrogens is 489 g/mol. The van der Waals surface area contributed by atoms with Crippen molar-refractivity contribution >= 4 is 62.1 Å². The number of rotatable bonds is 3. The molecule has 3 aromatic carbocycles. The van der Waals surface area contributed by atoms with E-state index in [0.29, 0.717) is 0 Å². The smallest absolute Gasteiger partial charge is 0.265 e. The van der Waals surface area contributed by atoms with Gasteiger partial charge in [-0.05, 0) is 18.2 Å². The molecule has 3 aromatic rings. The Labute approximate surface area is 190 Å². The topological polar surface area (TPSA) is 121 Å². The second-order valence-electron chi connectivity index (χ2n) is 6.55. The molecule has 0 radical (unpaired) electrons. The number of hydrogen-bond acceptors (Lipinski definition) is 6. The number of phenols is 2. The molecule has 0 atom stereocenters. The van der Waals surface area contributed by atoms with Gasteiger partial charge in [0.1, 0.15) is 4.90 Å². The van der Waals surface area contributed by atoms with Gasteiger partial charge in [0.2, 0.25) is 0 Å². The van der Waals surface area contributed by atoms with Crippen LogP contribution in [0.25, 0.3) is 0 Å². The lowest BCUT2D eigenvalue weighted by molar-refractivity contribution is 0.0976. The lowest BCUT2D eigenvalue weighted by atomic mass is 9.83. The molecule has 0 saturated heterocycles. The first-order valence-electron chi connectivity index (χ1n) is 8.47. The molecule has 0 saturated carbocycles. The summed E-state index contributed by atoms with van der Waals surface area (Å²) < 4.78 is 27.8. The average Bonchev–Trinajstić information content (AvgIpc) is 2.68. The van der Waals surface area contributed by atoms with Crippen molar-refractivity contribution in [3.05, 3.63) is 79.8 Å². The van der Waals surface area contributed by atoms with Crippen molar-refractivity contribution in [1.82, 2.24) is 0 Å². The Kier molecular flexibility index (Phi) is 5.13. The molecule has 7 nitrogen and oxygen atoms in total. The van der Waals surface area contributed by atoms with Crippen molar-refractivity contribution in [2.75, 3.05) is 4.72 Å². The average molecular weight is 499 g/mol. The van der Waals surface area contributed by atoms with Crippen molar-refractivity contribution in [2.24, 2.45) is 0 Å². The molecule has 11 heteroatoms. The van der Waals surface area contributed by atoms with E-state index < -0.39 is 49.2 Å². The van der Waals surface area contributed by atoms with Crippen LogP contribution in [-0.4, -0.2) is 30.2 Å². The zero-order chi connectivity index (χ0) is 22.7. The highest BCUT2D eigenvalue weighted by Gasteiger charge is 2.35. The number of nitrogens with one attached hydrogen (secondary N) is 1. The molecule has 3 N–H and O–H groups in total. The van der Waals surface area contributed by atoms with Crippen LogP contribution < -0.4 is 4.72 Å². The van der Waals surface area contributed by atoms with E-state index in [4.69, 9.17) is 34.8 Å². The van der Waals surface area contributed by atoms with E-state index in [1.807, 2.05) is 4.72 Å². The van der Waals surface area contributed by atoms with Crippen LogP contribution in [0.2, 0.25) is 15.1 Å². The second-order valence-corrected chi connectivity index (χ2v) is 9.42. The lowest BCUT2D eigenvalue weighted by Crippen LogP contribution is -2.22. The zero-order valence-electron chi connectivity index (χ0n) is 15.1. The Morgan fingerprint density at radius 1 is 0.774 bits per heavy atom. The summed E-state index contributed by atoms with van der Waals surface area (Å²) in [4.78, 5) is 25.1. The Morgan fingerprint density at radius 2 is 1.32 bits per heavy atom. The van der Waals surface area contributed by atoms with Crippen LogP contribution in [0, 0.1) is 0 Å². The Bertz CT molecular complexity index is 1400. The number of anilines is 1. The van der Waals surface area contributed by atoms with Gasteiger partial charge in [0, 0.05) is 21.7 Å². The largest absolute Gasteiger partial charge is 0.504 e. The van der Waals surface area contributed by atoms with E-state index in [-0.39, 0.29) is 31.8 Å². The molecule has 0 bridgehead atoms. The fraction of sp³-hybridized carbons (Fsp3) is 0. The molecule has 0 heterocycles. The number of aromatic hydroxyl groups is 2. The van der Waals surface area contributed by atoms with E-state index >= 15 is 0 Å². The summed E-state index contributed by atoms with van der Waals surface area (Å²) in [5.41, 5.74) is -1.10. The zero-order valence-corrected chi connectivity index (χ0v) is 18.2. The monoisotopic (exact) mass is 497 g/mol. The molecule has 0 spiro atoms. The van der Waals surface area contributed by atoms with Gasteiger partial charge in [-0.2, -0.15) is 0 Å². The minimum Gasteiger partial charge on any atom is -0.504 e. The molecule has 0 amide bonds. The normalized spacial score (nSPS) is 13.0. The summed E-state index contributed by atoms with van der Waals surface area (Å²) in [6.45, 7) is 0. The highest BCUT2D eigenvalue weighted by molar-refractivity contribution is 7.93. The molecular formula is C20H10Cl3NO6S. The first-order valence-corrected chi connectivity index (χ1v) is 11.1. The summed E-state index contributed by atoms with van der Waals surface area (Å²) >= 11 is 17.7. The number of benzene rings is 3. The maximum atomic E-state index is 12.9. The minimum absolute atomic E-state index is 0.0581. The SMILES string of the molecule is O=C1c2ccccc2C(=O)c2c1cc(NS(=O)(=O)c1c(Cl)cc(Cl)cc1Cl)c(O)c2O. The number of carbonyl (C=O) groups is 2. The molecule has 4 rings (SSSR count). The number of fused-ring (bicyclic) bond motifs is 2. The fourth-order valence-electron chi connectivity index (χ4n) is 3.29. The molecule has 0 fully saturated rings. The van der Waals surface area contributed by atoms with Crippen molar-refractivity contribution < 1.29 is 28.2 Å². The quantitative estimate of drug-likeness (QED) is 0.354. The van der Waals surface area contributed by atoms with Crippen molar-refractivity contribution in [3.63, 3.8) is 0 Å². The van der Waals surface area contributed by atoms with Crippen molar-refractivity contribution in [3.8, 4) is 11.5 Å². The van der Waals surface area contributed by atoms with Gasteiger partial charge < -0.3 is 10.2 Å². The molecule has 158 valence electrons. The van der Waals surface area contributed by atoms with Crippen LogP contribution in [0.3, 0.4) is 0 Å². The molecule has 0 aromatic heterocycles. The molecule has 1 aliphatic carbocycles. The van der Waals surface area contributed by atoms with Gasteiger partial charge in [0.25, 0.3) is 10.0 Å². The second kappa shape index (κ2) is 7.42. The number of ketones is 2. The van der Waals surface area contributed by atoms with Gasteiger partial charge in [-0.15, -0.1) is 0 Å². The Balaban J connectivity index is 1.87. The Hall–Kier alpha value is -2.78. The predicted molar refractivity (Wildman–Crippen MR) is 115 cm³/mol. The molecule has 0 unspecified atom stereocenters. The molecule has 31 heavy (non-hydrogen) atoms. The minimum atomic E-state index is -4.49. The van der Waals surface area contributed by atoms with E-state index in [9.17, 15) is 28.2 Å². The third-order valence-corrected chi connectivity index (χ3v) is 7.14. The highest BCUT2D eigenvalue weighted by Crippen LogP contribution is 2.44. The lowest BCUT2D eigenvalue weighted by Gasteiger charge is -2.21. The first-order chi connectivity index (χ1) is 14.5. The summed E-state index contributed by atoms with van der Waals surface area (Å²) in [6, 6.07) is 9.24. The van der Waals surface area contributed by atoms with E-state index in [2.05, 4.69) is 0 Å². The van der Waals surface area contributed by atoms with Gasteiger partial charge >= 0.3 is 0 Å². The summed E-state index contributed by atoms with van der Waals surface area (Å²) in [7, 11) is -4.49. The van der Waals surface area contributed by atoms with Gasteiger partial charge in [0.05, 0.1) is 21.3 Å².